The first-order valence-electron chi connectivity index (χ1n) is 9.06. The Hall–Kier alpha value is -3.00. The molecule has 1 aliphatic rings. The molecule has 3 rings (SSSR count). The highest BCUT2D eigenvalue weighted by Crippen LogP contribution is 2.33. The summed E-state index contributed by atoms with van der Waals surface area (Å²) in [5.74, 6) is 2.23. The highest BCUT2D eigenvalue weighted by atomic mass is 16.6. The van der Waals surface area contributed by atoms with Crippen LogP contribution in [0.4, 0.5) is 11.4 Å². The first kappa shape index (κ1) is 19.8. The van der Waals surface area contributed by atoms with E-state index in [1.165, 1.54) is 6.07 Å². The van der Waals surface area contributed by atoms with Crippen LogP contribution in [0.2, 0.25) is 0 Å². The number of ether oxygens (including phenoxy) is 3. The van der Waals surface area contributed by atoms with Crippen molar-refractivity contribution >= 4 is 11.4 Å². The second kappa shape index (κ2) is 8.79. The lowest BCUT2D eigenvalue weighted by atomic mass is 10.1. The van der Waals surface area contributed by atoms with Crippen molar-refractivity contribution in [3.8, 4) is 17.2 Å². The fourth-order valence-corrected chi connectivity index (χ4v) is 3.43. The molecule has 0 bridgehead atoms. The van der Waals surface area contributed by atoms with E-state index >= 15 is 0 Å². The number of methoxy groups -OCH3 is 3. The number of piperazine rings is 1. The van der Waals surface area contributed by atoms with Gasteiger partial charge in [-0.25, -0.2) is 0 Å². The summed E-state index contributed by atoms with van der Waals surface area (Å²) < 4.78 is 16.0. The van der Waals surface area contributed by atoms with Crippen LogP contribution in [0.25, 0.3) is 0 Å². The van der Waals surface area contributed by atoms with E-state index < -0.39 is 0 Å². The molecule has 2 aromatic carbocycles. The molecule has 2 aromatic rings. The average molecular weight is 387 g/mol. The Bertz CT molecular complexity index is 835. The highest BCUT2D eigenvalue weighted by molar-refractivity contribution is 5.66. The third-order valence-electron chi connectivity index (χ3n) is 4.97. The molecule has 0 aliphatic carbocycles. The van der Waals surface area contributed by atoms with Gasteiger partial charge in [-0.2, -0.15) is 0 Å². The van der Waals surface area contributed by atoms with Crippen LogP contribution in [-0.4, -0.2) is 57.3 Å². The van der Waals surface area contributed by atoms with Crippen molar-refractivity contribution in [3.05, 3.63) is 52.1 Å². The Labute approximate surface area is 164 Å². The number of hydrogen-bond acceptors (Lipinski definition) is 7. The van der Waals surface area contributed by atoms with Gasteiger partial charge in [-0.15, -0.1) is 0 Å². The fraction of sp³-hybridized carbons (Fsp3) is 0.400. The van der Waals surface area contributed by atoms with Gasteiger partial charge in [0.15, 0.2) is 0 Å². The number of anilines is 1. The van der Waals surface area contributed by atoms with Crippen LogP contribution in [-0.2, 0) is 6.54 Å². The topological polar surface area (TPSA) is 77.3 Å². The minimum atomic E-state index is -0.345. The monoisotopic (exact) mass is 387 g/mol. The number of nitro groups is 1. The van der Waals surface area contributed by atoms with Crippen LogP contribution in [0.5, 0.6) is 17.2 Å². The van der Waals surface area contributed by atoms with Gasteiger partial charge in [0.1, 0.15) is 22.9 Å². The maximum atomic E-state index is 11.4. The molecule has 0 unspecified atom stereocenters. The van der Waals surface area contributed by atoms with Gasteiger partial charge in [0, 0.05) is 50.4 Å². The molecule has 1 fully saturated rings. The molecule has 0 saturated carbocycles. The maximum absolute atomic E-state index is 11.4. The summed E-state index contributed by atoms with van der Waals surface area (Å²) in [6.07, 6.45) is 0. The second-order valence-corrected chi connectivity index (χ2v) is 6.55. The summed E-state index contributed by atoms with van der Waals surface area (Å²) in [7, 11) is 4.86. The Morgan fingerprint density at radius 2 is 1.57 bits per heavy atom. The number of benzene rings is 2. The zero-order valence-electron chi connectivity index (χ0n) is 16.4. The van der Waals surface area contributed by atoms with Crippen molar-refractivity contribution in [3.63, 3.8) is 0 Å². The summed E-state index contributed by atoms with van der Waals surface area (Å²) in [5.41, 5.74) is 1.76. The molecule has 0 atom stereocenters. The first-order valence-corrected chi connectivity index (χ1v) is 9.06. The van der Waals surface area contributed by atoms with Gasteiger partial charge in [-0.05, 0) is 24.3 Å². The third kappa shape index (κ3) is 4.28. The van der Waals surface area contributed by atoms with Crippen LogP contribution in [0.15, 0.2) is 36.4 Å². The predicted octanol–water partition coefficient (Wildman–Crippen LogP) is 2.94. The zero-order chi connectivity index (χ0) is 20.1. The van der Waals surface area contributed by atoms with Gasteiger partial charge in [-0.3, -0.25) is 15.0 Å². The largest absolute Gasteiger partial charge is 0.497 e. The second-order valence-electron chi connectivity index (χ2n) is 6.55. The molecule has 1 saturated heterocycles. The summed E-state index contributed by atoms with van der Waals surface area (Å²) in [6.45, 7) is 3.69. The summed E-state index contributed by atoms with van der Waals surface area (Å²) in [4.78, 5) is 15.4. The van der Waals surface area contributed by atoms with Crippen molar-refractivity contribution in [2.24, 2.45) is 0 Å². The number of hydrogen-bond donors (Lipinski definition) is 0. The average Bonchev–Trinajstić information content (AvgIpc) is 2.73. The van der Waals surface area contributed by atoms with Crippen LogP contribution < -0.4 is 19.1 Å². The molecule has 0 radical (unpaired) electrons. The number of nitrogens with zero attached hydrogens (tertiary/aromatic N) is 3. The van der Waals surface area contributed by atoms with Crippen molar-refractivity contribution in [1.29, 1.82) is 0 Å². The Morgan fingerprint density at radius 3 is 2.18 bits per heavy atom. The lowest BCUT2D eigenvalue weighted by Gasteiger charge is -2.36. The lowest BCUT2D eigenvalue weighted by Crippen LogP contribution is -2.46. The predicted molar refractivity (Wildman–Crippen MR) is 107 cm³/mol. The lowest BCUT2D eigenvalue weighted by molar-refractivity contribution is -0.384. The van der Waals surface area contributed by atoms with E-state index in [-0.39, 0.29) is 10.6 Å². The van der Waals surface area contributed by atoms with E-state index in [0.29, 0.717) is 24.5 Å². The number of nitro benzene ring substituents is 1. The standard InChI is InChI=1S/C20H25N3O5/c1-26-16-5-7-20(28-3)15(12-16)14-21-8-10-22(11-9-21)19-13-17(27-2)4-6-18(19)23(24)25/h4-7,12-13H,8-11,14H2,1-3H3. The van der Waals surface area contributed by atoms with E-state index in [1.54, 1.807) is 33.5 Å². The van der Waals surface area contributed by atoms with Crippen molar-refractivity contribution in [1.82, 2.24) is 4.90 Å². The van der Waals surface area contributed by atoms with Crippen LogP contribution >= 0.6 is 0 Å². The van der Waals surface area contributed by atoms with Crippen molar-refractivity contribution in [2.75, 3.05) is 52.4 Å². The molecular weight excluding hydrogens is 362 g/mol. The van der Waals surface area contributed by atoms with E-state index in [9.17, 15) is 10.1 Å². The molecule has 8 heteroatoms. The Balaban J connectivity index is 1.71. The Morgan fingerprint density at radius 1 is 0.929 bits per heavy atom. The van der Waals surface area contributed by atoms with Crippen molar-refractivity contribution in [2.45, 2.75) is 6.54 Å². The quantitative estimate of drug-likeness (QED) is 0.534. The smallest absolute Gasteiger partial charge is 0.292 e. The number of rotatable bonds is 7. The van der Waals surface area contributed by atoms with Crippen LogP contribution in [0.3, 0.4) is 0 Å². The van der Waals surface area contributed by atoms with Crippen molar-refractivity contribution < 1.29 is 19.1 Å². The first-order chi connectivity index (χ1) is 13.5. The van der Waals surface area contributed by atoms with Gasteiger partial charge >= 0.3 is 0 Å². The summed E-state index contributed by atoms with van der Waals surface area (Å²) >= 11 is 0. The van der Waals surface area contributed by atoms with E-state index in [4.69, 9.17) is 14.2 Å². The molecule has 150 valence electrons. The molecule has 28 heavy (non-hydrogen) atoms. The van der Waals surface area contributed by atoms with E-state index in [0.717, 1.165) is 36.7 Å². The van der Waals surface area contributed by atoms with E-state index in [1.807, 2.05) is 23.1 Å². The zero-order valence-corrected chi connectivity index (χ0v) is 16.4. The molecule has 8 nitrogen and oxygen atoms in total. The van der Waals surface area contributed by atoms with E-state index in [2.05, 4.69) is 4.90 Å². The highest BCUT2D eigenvalue weighted by Gasteiger charge is 2.25. The third-order valence-corrected chi connectivity index (χ3v) is 4.97. The normalized spacial score (nSPS) is 14.6. The molecule has 0 N–H and O–H groups in total. The van der Waals surface area contributed by atoms with Gasteiger partial charge in [0.05, 0.1) is 26.3 Å². The minimum absolute atomic E-state index is 0.101. The van der Waals surface area contributed by atoms with Gasteiger partial charge in [-0.1, -0.05) is 0 Å². The molecule has 1 heterocycles. The molecule has 1 aliphatic heterocycles. The maximum Gasteiger partial charge on any atom is 0.292 e. The molecule has 0 aromatic heterocycles. The fourth-order valence-electron chi connectivity index (χ4n) is 3.43. The van der Waals surface area contributed by atoms with Gasteiger partial charge < -0.3 is 19.1 Å². The Kier molecular flexibility index (Phi) is 6.20. The molecule has 0 spiro atoms. The minimum Gasteiger partial charge on any atom is -0.497 e. The van der Waals surface area contributed by atoms with Crippen LogP contribution in [0, 0.1) is 10.1 Å². The molecular formula is C20H25N3O5. The van der Waals surface area contributed by atoms with Gasteiger partial charge in [0.2, 0.25) is 0 Å². The van der Waals surface area contributed by atoms with Gasteiger partial charge in [0.25, 0.3) is 5.69 Å². The summed E-state index contributed by atoms with van der Waals surface area (Å²) in [5, 5.41) is 11.4. The van der Waals surface area contributed by atoms with Crippen LogP contribution in [0.1, 0.15) is 5.56 Å². The SMILES string of the molecule is COc1ccc(OC)c(CN2CCN(c3cc(OC)ccc3[N+](=O)[O-])CC2)c1. The molecule has 0 amide bonds. The summed E-state index contributed by atoms with van der Waals surface area (Å²) in [6, 6.07) is 10.6.